The zero-order valence-corrected chi connectivity index (χ0v) is 13.1. The van der Waals surface area contributed by atoms with Crippen LogP contribution >= 0.6 is 0 Å². The van der Waals surface area contributed by atoms with E-state index < -0.39 is 0 Å². The molecule has 1 heterocycles. The molecule has 112 valence electrons. The molecule has 3 nitrogen and oxygen atoms in total. The van der Waals surface area contributed by atoms with Crippen molar-refractivity contribution in [3.8, 4) is 5.75 Å². The molecule has 2 aromatic rings. The van der Waals surface area contributed by atoms with Crippen molar-refractivity contribution in [3.05, 3.63) is 59.4 Å². The summed E-state index contributed by atoms with van der Waals surface area (Å²) in [7, 11) is 0. The highest BCUT2D eigenvalue weighted by Gasteiger charge is 2.02. The van der Waals surface area contributed by atoms with Gasteiger partial charge in [0.25, 0.3) is 0 Å². The molecule has 3 heteroatoms. The Labute approximate surface area is 127 Å². The van der Waals surface area contributed by atoms with Crippen LogP contribution < -0.4 is 10.1 Å². The summed E-state index contributed by atoms with van der Waals surface area (Å²) in [5.41, 5.74) is 3.44. The van der Waals surface area contributed by atoms with Gasteiger partial charge in [-0.15, -0.1) is 0 Å². The van der Waals surface area contributed by atoms with E-state index in [-0.39, 0.29) is 0 Å². The topological polar surface area (TPSA) is 34.1 Å². The van der Waals surface area contributed by atoms with Crippen LogP contribution in [0.3, 0.4) is 0 Å². The van der Waals surface area contributed by atoms with Gasteiger partial charge in [-0.05, 0) is 41.8 Å². The first-order chi connectivity index (χ1) is 10.2. The standard InChI is InChI=1S/C18H24N2O/c1-4-19-11-15-8-9-17(20-12-15)13-21-18-7-5-6-16(10-18)14(2)3/h5-10,12,14,19H,4,11,13H2,1-3H3. The maximum atomic E-state index is 5.83. The van der Waals surface area contributed by atoms with Gasteiger partial charge in [-0.1, -0.05) is 39.0 Å². The third kappa shape index (κ3) is 4.87. The quantitative estimate of drug-likeness (QED) is 0.837. The normalized spacial score (nSPS) is 10.9. The van der Waals surface area contributed by atoms with E-state index >= 15 is 0 Å². The summed E-state index contributed by atoms with van der Waals surface area (Å²) in [5, 5.41) is 3.29. The molecule has 0 aliphatic rings. The molecule has 1 aromatic heterocycles. The van der Waals surface area contributed by atoms with E-state index in [2.05, 4.69) is 49.3 Å². The van der Waals surface area contributed by atoms with Crippen LogP contribution in [0.2, 0.25) is 0 Å². The second-order valence-electron chi connectivity index (χ2n) is 5.45. The lowest BCUT2D eigenvalue weighted by Gasteiger charge is -2.10. The molecule has 0 spiro atoms. The molecule has 0 fully saturated rings. The molecule has 0 aliphatic heterocycles. The lowest BCUT2D eigenvalue weighted by atomic mass is 10.0. The minimum atomic E-state index is 0.503. The van der Waals surface area contributed by atoms with Crippen LogP contribution in [0.15, 0.2) is 42.6 Å². The zero-order chi connectivity index (χ0) is 15.1. The first-order valence-electron chi connectivity index (χ1n) is 7.56. The van der Waals surface area contributed by atoms with E-state index in [0.29, 0.717) is 12.5 Å². The lowest BCUT2D eigenvalue weighted by molar-refractivity contribution is 0.301. The van der Waals surface area contributed by atoms with Crippen molar-refractivity contribution in [1.82, 2.24) is 10.3 Å². The number of hydrogen-bond donors (Lipinski definition) is 1. The number of benzene rings is 1. The molecular formula is C18H24N2O. The van der Waals surface area contributed by atoms with E-state index in [1.54, 1.807) is 0 Å². The summed E-state index contributed by atoms with van der Waals surface area (Å²) < 4.78 is 5.83. The maximum absolute atomic E-state index is 5.83. The lowest BCUT2D eigenvalue weighted by Crippen LogP contribution is -2.12. The zero-order valence-electron chi connectivity index (χ0n) is 13.1. The van der Waals surface area contributed by atoms with Gasteiger partial charge in [0, 0.05) is 12.7 Å². The van der Waals surface area contributed by atoms with Crippen LogP contribution in [0.5, 0.6) is 5.75 Å². The number of rotatable bonds is 7. The molecule has 0 saturated heterocycles. The first kappa shape index (κ1) is 15.5. The van der Waals surface area contributed by atoms with Gasteiger partial charge in [-0.25, -0.2) is 0 Å². The van der Waals surface area contributed by atoms with Gasteiger partial charge in [-0.3, -0.25) is 4.98 Å². The van der Waals surface area contributed by atoms with Gasteiger partial charge in [0.2, 0.25) is 0 Å². The molecule has 0 saturated carbocycles. The Balaban J connectivity index is 1.92. The number of pyridine rings is 1. The molecule has 0 atom stereocenters. The highest BCUT2D eigenvalue weighted by Crippen LogP contribution is 2.20. The predicted molar refractivity (Wildman–Crippen MR) is 86.5 cm³/mol. The SMILES string of the molecule is CCNCc1ccc(COc2cccc(C(C)C)c2)nc1. The van der Waals surface area contributed by atoms with Gasteiger partial charge < -0.3 is 10.1 Å². The van der Waals surface area contributed by atoms with Crippen molar-refractivity contribution >= 4 is 0 Å². The van der Waals surface area contributed by atoms with Gasteiger partial charge in [0.1, 0.15) is 12.4 Å². The van der Waals surface area contributed by atoms with Crippen LogP contribution in [0, 0.1) is 0 Å². The fraction of sp³-hybridized carbons (Fsp3) is 0.389. The summed E-state index contributed by atoms with van der Waals surface area (Å²) in [6.07, 6.45) is 1.91. The van der Waals surface area contributed by atoms with Crippen LogP contribution in [0.4, 0.5) is 0 Å². The van der Waals surface area contributed by atoms with Gasteiger partial charge in [0.05, 0.1) is 5.69 Å². The molecule has 1 N–H and O–H groups in total. The van der Waals surface area contributed by atoms with Gasteiger partial charge in [0.15, 0.2) is 0 Å². The number of nitrogens with zero attached hydrogens (tertiary/aromatic N) is 1. The predicted octanol–water partition coefficient (Wildman–Crippen LogP) is 3.89. The number of nitrogens with one attached hydrogen (secondary N) is 1. The average Bonchev–Trinajstić information content (AvgIpc) is 2.52. The highest BCUT2D eigenvalue weighted by molar-refractivity contribution is 5.30. The monoisotopic (exact) mass is 284 g/mol. The second kappa shape index (κ2) is 7.79. The summed E-state index contributed by atoms with van der Waals surface area (Å²) in [5.74, 6) is 1.41. The summed E-state index contributed by atoms with van der Waals surface area (Å²) in [6.45, 7) is 8.80. The molecule has 0 radical (unpaired) electrons. The first-order valence-corrected chi connectivity index (χ1v) is 7.56. The second-order valence-corrected chi connectivity index (χ2v) is 5.45. The molecule has 1 aromatic carbocycles. The summed E-state index contributed by atoms with van der Waals surface area (Å²) >= 11 is 0. The fourth-order valence-corrected chi connectivity index (χ4v) is 2.04. The van der Waals surface area contributed by atoms with Crippen LogP contribution in [-0.4, -0.2) is 11.5 Å². The van der Waals surface area contributed by atoms with Crippen LogP contribution in [0.25, 0.3) is 0 Å². The molecule has 0 unspecified atom stereocenters. The van der Waals surface area contributed by atoms with E-state index in [9.17, 15) is 0 Å². The van der Waals surface area contributed by atoms with E-state index in [1.165, 1.54) is 11.1 Å². The number of hydrogen-bond acceptors (Lipinski definition) is 3. The average molecular weight is 284 g/mol. The summed E-state index contributed by atoms with van der Waals surface area (Å²) in [4.78, 5) is 4.44. The summed E-state index contributed by atoms with van der Waals surface area (Å²) in [6, 6.07) is 12.4. The Morgan fingerprint density at radius 1 is 1.19 bits per heavy atom. The Morgan fingerprint density at radius 3 is 2.71 bits per heavy atom. The third-order valence-electron chi connectivity index (χ3n) is 3.38. The molecule has 0 bridgehead atoms. The van der Waals surface area contributed by atoms with Crippen LogP contribution in [0.1, 0.15) is 43.5 Å². The highest BCUT2D eigenvalue weighted by atomic mass is 16.5. The number of aromatic nitrogens is 1. The van der Waals surface area contributed by atoms with E-state index in [0.717, 1.165) is 24.5 Å². The Morgan fingerprint density at radius 2 is 2.05 bits per heavy atom. The molecule has 0 amide bonds. The van der Waals surface area contributed by atoms with E-state index in [1.807, 2.05) is 24.4 Å². The number of ether oxygens (including phenoxy) is 1. The van der Waals surface area contributed by atoms with Gasteiger partial charge >= 0.3 is 0 Å². The van der Waals surface area contributed by atoms with Crippen molar-refractivity contribution < 1.29 is 4.74 Å². The van der Waals surface area contributed by atoms with Crippen LogP contribution in [-0.2, 0) is 13.2 Å². The molecule has 2 rings (SSSR count). The van der Waals surface area contributed by atoms with Gasteiger partial charge in [-0.2, -0.15) is 0 Å². The van der Waals surface area contributed by atoms with Crippen molar-refractivity contribution in [2.24, 2.45) is 0 Å². The molecule has 0 aliphatic carbocycles. The smallest absolute Gasteiger partial charge is 0.130 e. The Bertz CT molecular complexity index is 549. The Hall–Kier alpha value is -1.87. The molecular weight excluding hydrogens is 260 g/mol. The largest absolute Gasteiger partial charge is 0.487 e. The minimum Gasteiger partial charge on any atom is -0.487 e. The van der Waals surface area contributed by atoms with E-state index in [4.69, 9.17) is 4.74 Å². The fourth-order valence-electron chi connectivity index (χ4n) is 2.04. The van der Waals surface area contributed by atoms with Crippen molar-refractivity contribution in [2.75, 3.05) is 6.54 Å². The minimum absolute atomic E-state index is 0.503. The van der Waals surface area contributed by atoms with Crippen molar-refractivity contribution in [3.63, 3.8) is 0 Å². The Kier molecular flexibility index (Phi) is 5.76. The maximum Gasteiger partial charge on any atom is 0.130 e. The van der Waals surface area contributed by atoms with Crippen molar-refractivity contribution in [1.29, 1.82) is 0 Å². The third-order valence-corrected chi connectivity index (χ3v) is 3.38. The molecule has 21 heavy (non-hydrogen) atoms. The van der Waals surface area contributed by atoms with Crippen molar-refractivity contribution in [2.45, 2.75) is 39.8 Å².